The van der Waals surface area contributed by atoms with E-state index < -0.39 is 5.92 Å². The third-order valence-corrected chi connectivity index (χ3v) is 6.66. The number of thioether (sulfide) groups is 1. The van der Waals surface area contributed by atoms with Crippen LogP contribution < -0.4 is 20.3 Å². The second kappa shape index (κ2) is 10.1. The third-order valence-electron chi connectivity index (χ3n) is 5.56. The lowest BCUT2D eigenvalue weighted by atomic mass is 9.86. The minimum absolute atomic E-state index is 0.141. The molecule has 0 fully saturated rings. The lowest BCUT2D eigenvalue weighted by molar-refractivity contribution is -0.116. The Labute approximate surface area is 197 Å². The molecule has 1 aromatic heterocycles. The first-order chi connectivity index (χ1) is 16.0. The molecule has 1 aliphatic rings. The van der Waals surface area contributed by atoms with Crippen molar-refractivity contribution < 1.29 is 14.3 Å². The van der Waals surface area contributed by atoms with E-state index in [1.54, 1.807) is 11.7 Å². The number of aromatic nitrogens is 2. The summed E-state index contributed by atoms with van der Waals surface area (Å²) >= 11 is 1.47. The molecule has 172 valence electrons. The lowest BCUT2D eigenvalue weighted by Gasteiger charge is -2.28. The third kappa shape index (κ3) is 4.90. The standard InChI is InChI=1S/C25H27N3O4S/c1-4-12-32-19-11-10-17(13-20(19)31-3)18-14-21(29)26-23-22(18)24(30)27-25(28(23)2)33-15-16-8-6-5-7-9-16/h5-11,13,18H,4,12,14-15H2,1-3H3,(H,26,29)/t18-/m1/s1. The fraction of sp³-hybridized carbons (Fsp3) is 0.320. The summed E-state index contributed by atoms with van der Waals surface area (Å²) < 4.78 is 13.1. The van der Waals surface area contributed by atoms with Crippen molar-refractivity contribution in [3.8, 4) is 11.5 Å². The highest BCUT2D eigenvalue weighted by Crippen LogP contribution is 2.39. The van der Waals surface area contributed by atoms with Crippen LogP contribution in [0.4, 0.5) is 5.82 Å². The Morgan fingerprint density at radius 3 is 2.67 bits per heavy atom. The number of methoxy groups -OCH3 is 1. The van der Waals surface area contributed by atoms with Crippen LogP contribution in [0.5, 0.6) is 11.5 Å². The zero-order valence-electron chi connectivity index (χ0n) is 19.0. The fourth-order valence-corrected chi connectivity index (χ4v) is 4.82. The van der Waals surface area contributed by atoms with Crippen LogP contribution in [-0.2, 0) is 17.6 Å². The van der Waals surface area contributed by atoms with Gasteiger partial charge in [-0.3, -0.25) is 9.59 Å². The van der Waals surface area contributed by atoms with Gasteiger partial charge in [0.1, 0.15) is 5.82 Å². The molecule has 0 saturated heterocycles. The number of fused-ring (bicyclic) bond motifs is 1. The van der Waals surface area contributed by atoms with Crippen LogP contribution in [-0.4, -0.2) is 29.2 Å². The van der Waals surface area contributed by atoms with E-state index in [4.69, 9.17) is 9.47 Å². The van der Waals surface area contributed by atoms with Crippen molar-refractivity contribution in [2.75, 3.05) is 19.0 Å². The van der Waals surface area contributed by atoms with Gasteiger partial charge in [-0.2, -0.15) is 4.98 Å². The molecular weight excluding hydrogens is 438 g/mol. The number of carbonyl (C=O) groups is 1. The highest BCUT2D eigenvalue weighted by molar-refractivity contribution is 7.98. The fourth-order valence-electron chi connectivity index (χ4n) is 3.90. The summed E-state index contributed by atoms with van der Waals surface area (Å²) in [7, 11) is 3.40. The summed E-state index contributed by atoms with van der Waals surface area (Å²) in [6.45, 7) is 2.62. The summed E-state index contributed by atoms with van der Waals surface area (Å²) in [6.07, 6.45) is 1.05. The van der Waals surface area contributed by atoms with Gasteiger partial charge in [0.05, 0.1) is 19.3 Å². The number of nitrogens with one attached hydrogen (secondary N) is 1. The number of carbonyl (C=O) groups excluding carboxylic acids is 1. The number of anilines is 1. The van der Waals surface area contributed by atoms with Crippen molar-refractivity contribution >= 4 is 23.5 Å². The summed E-state index contributed by atoms with van der Waals surface area (Å²) in [6, 6.07) is 15.5. The molecule has 0 unspecified atom stereocenters. The number of benzene rings is 2. The first-order valence-electron chi connectivity index (χ1n) is 10.9. The number of hydrogen-bond acceptors (Lipinski definition) is 6. The Bertz CT molecular complexity index is 1210. The van der Waals surface area contributed by atoms with E-state index in [0.717, 1.165) is 17.5 Å². The molecule has 1 aliphatic heterocycles. The maximum atomic E-state index is 13.2. The van der Waals surface area contributed by atoms with Gasteiger partial charge >= 0.3 is 0 Å². The van der Waals surface area contributed by atoms with E-state index in [9.17, 15) is 9.59 Å². The van der Waals surface area contributed by atoms with Crippen molar-refractivity contribution in [2.24, 2.45) is 7.05 Å². The first-order valence-corrected chi connectivity index (χ1v) is 11.9. The second-order valence-corrected chi connectivity index (χ2v) is 8.80. The minimum atomic E-state index is -0.415. The van der Waals surface area contributed by atoms with Crippen molar-refractivity contribution in [3.05, 3.63) is 75.6 Å². The monoisotopic (exact) mass is 465 g/mol. The zero-order chi connectivity index (χ0) is 23.4. The van der Waals surface area contributed by atoms with Gasteiger partial charge in [-0.05, 0) is 29.7 Å². The summed E-state index contributed by atoms with van der Waals surface area (Å²) in [5.41, 5.74) is 2.11. The van der Waals surface area contributed by atoms with Gasteiger partial charge in [0.15, 0.2) is 16.7 Å². The number of rotatable bonds is 8. The van der Waals surface area contributed by atoms with Gasteiger partial charge in [0.25, 0.3) is 5.56 Å². The lowest BCUT2D eigenvalue weighted by Crippen LogP contribution is -2.33. The predicted octanol–water partition coefficient (Wildman–Crippen LogP) is 4.34. The molecule has 2 heterocycles. The maximum Gasteiger partial charge on any atom is 0.279 e. The maximum absolute atomic E-state index is 13.2. The van der Waals surface area contributed by atoms with Gasteiger partial charge < -0.3 is 19.4 Å². The van der Waals surface area contributed by atoms with Crippen LogP contribution in [0, 0.1) is 0 Å². The molecule has 1 atom stereocenters. The average molecular weight is 466 g/mol. The molecule has 0 aliphatic carbocycles. The van der Waals surface area contributed by atoms with Crippen LogP contribution >= 0.6 is 11.8 Å². The highest BCUT2D eigenvalue weighted by atomic mass is 32.2. The molecule has 7 nitrogen and oxygen atoms in total. The Morgan fingerprint density at radius 1 is 1.15 bits per heavy atom. The number of hydrogen-bond donors (Lipinski definition) is 1. The molecule has 1 amide bonds. The summed E-state index contributed by atoms with van der Waals surface area (Å²) in [5.74, 6) is 1.83. The van der Waals surface area contributed by atoms with Crippen molar-refractivity contribution in [1.82, 2.24) is 9.55 Å². The molecule has 0 radical (unpaired) electrons. The van der Waals surface area contributed by atoms with E-state index in [1.165, 1.54) is 11.8 Å². The van der Waals surface area contributed by atoms with Crippen LogP contribution in [0.3, 0.4) is 0 Å². The average Bonchev–Trinajstić information content (AvgIpc) is 2.84. The van der Waals surface area contributed by atoms with Crippen molar-refractivity contribution in [2.45, 2.75) is 36.6 Å². The van der Waals surface area contributed by atoms with Crippen LogP contribution in [0.25, 0.3) is 0 Å². The predicted molar refractivity (Wildman–Crippen MR) is 129 cm³/mol. The molecule has 3 aromatic rings. The molecule has 33 heavy (non-hydrogen) atoms. The van der Waals surface area contributed by atoms with E-state index in [0.29, 0.717) is 40.4 Å². The first kappa shape index (κ1) is 22.9. The molecule has 0 bridgehead atoms. The Balaban J connectivity index is 1.69. The Morgan fingerprint density at radius 2 is 1.94 bits per heavy atom. The van der Waals surface area contributed by atoms with Crippen molar-refractivity contribution in [1.29, 1.82) is 0 Å². The molecule has 1 N–H and O–H groups in total. The zero-order valence-corrected chi connectivity index (χ0v) is 19.8. The van der Waals surface area contributed by atoms with Crippen LogP contribution in [0.15, 0.2) is 58.5 Å². The number of amides is 1. The van der Waals surface area contributed by atoms with Crippen LogP contribution in [0.2, 0.25) is 0 Å². The highest BCUT2D eigenvalue weighted by Gasteiger charge is 2.32. The topological polar surface area (TPSA) is 82.5 Å². The van der Waals surface area contributed by atoms with Gasteiger partial charge in [0, 0.05) is 25.1 Å². The summed E-state index contributed by atoms with van der Waals surface area (Å²) in [5, 5.41) is 3.45. The van der Waals surface area contributed by atoms with Crippen molar-refractivity contribution in [3.63, 3.8) is 0 Å². The summed E-state index contributed by atoms with van der Waals surface area (Å²) in [4.78, 5) is 30.1. The van der Waals surface area contributed by atoms with E-state index in [1.807, 2.05) is 62.5 Å². The SMILES string of the molecule is CCCOc1ccc([C@H]2CC(=O)Nc3c2c(=O)nc(SCc2ccccc2)n3C)cc1OC. The Hall–Kier alpha value is -3.26. The van der Waals surface area contributed by atoms with Gasteiger partial charge in [-0.1, -0.05) is 55.1 Å². The largest absolute Gasteiger partial charge is 0.493 e. The van der Waals surface area contributed by atoms with Gasteiger partial charge in [-0.15, -0.1) is 0 Å². The smallest absolute Gasteiger partial charge is 0.279 e. The molecule has 4 rings (SSSR count). The molecule has 2 aromatic carbocycles. The Kier molecular flexibility index (Phi) is 7.03. The molecular formula is C25H27N3O4S. The number of ether oxygens (including phenoxy) is 2. The second-order valence-electron chi connectivity index (χ2n) is 7.86. The molecule has 8 heteroatoms. The van der Waals surface area contributed by atoms with Crippen LogP contribution in [0.1, 0.15) is 42.4 Å². The minimum Gasteiger partial charge on any atom is -0.493 e. The molecule has 0 spiro atoms. The van der Waals surface area contributed by atoms with E-state index >= 15 is 0 Å². The van der Waals surface area contributed by atoms with Gasteiger partial charge in [-0.25, -0.2) is 0 Å². The van der Waals surface area contributed by atoms with E-state index in [-0.39, 0.29) is 17.9 Å². The number of nitrogens with zero attached hydrogens (tertiary/aromatic N) is 2. The molecule has 0 saturated carbocycles. The quantitative estimate of drug-likeness (QED) is 0.394. The van der Waals surface area contributed by atoms with E-state index in [2.05, 4.69) is 10.3 Å². The normalized spacial score (nSPS) is 15.0. The van der Waals surface area contributed by atoms with Gasteiger partial charge in [0.2, 0.25) is 5.91 Å².